The van der Waals surface area contributed by atoms with E-state index in [9.17, 15) is 0 Å². The lowest BCUT2D eigenvalue weighted by molar-refractivity contribution is 0.0667. The molecule has 0 aromatic heterocycles. The summed E-state index contributed by atoms with van der Waals surface area (Å²) < 4.78 is 10.4. The Balaban J connectivity index is 2.34. The molecule has 1 fully saturated rings. The molecule has 1 aliphatic rings. The molecule has 0 heterocycles. The topological polar surface area (TPSA) is 21.7 Å². The van der Waals surface area contributed by atoms with Crippen LogP contribution in [0.25, 0.3) is 0 Å². The minimum absolute atomic E-state index is 0.753. The third-order valence-corrected chi connectivity index (χ3v) is 4.08. The summed E-state index contributed by atoms with van der Waals surface area (Å²) in [5, 5.41) is 0. The molecule has 0 unspecified atom stereocenters. The second-order valence-electron chi connectivity index (χ2n) is 5.10. The first-order valence-corrected chi connectivity index (χ1v) is 7.03. The molecule has 0 spiro atoms. The van der Waals surface area contributed by atoms with Crippen molar-refractivity contribution in [2.75, 3.05) is 40.5 Å². The van der Waals surface area contributed by atoms with E-state index in [1.54, 1.807) is 14.2 Å². The highest BCUT2D eigenvalue weighted by Gasteiger charge is 2.24. The summed E-state index contributed by atoms with van der Waals surface area (Å²) >= 11 is 0. The lowest BCUT2D eigenvalue weighted by atomic mass is 9.84. The molecule has 1 saturated carbocycles. The molecular weight excluding hydrogens is 214 g/mol. The van der Waals surface area contributed by atoms with E-state index in [4.69, 9.17) is 9.47 Å². The molecule has 3 nitrogen and oxygen atoms in total. The van der Waals surface area contributed by atoms with Gasteiger partial charge in [-0.05, 0) is 31.6 Å². The van der Waals surface area contributed by atoms with E-state index >= 15 is 0 Å². The Hall–Kier alpha value is -0.120. The highest BCUT2D eigenvalue weighted by molar-refractivity contribution is 4.79. The minimum atomic E-state index is 0.753. The Morgan fingerprint density at radius 1 is 0.941 bits per heavy atom. The van der Waals surface area contributed by atoms with Gasteiger partial charge in [-0.2, -0.15) is 0 Å². The SMILES string of the molecule is CCC1CCC(N(CCOC)CCOC)CC1. The van der Waals surface area contributed by atoms with Gasteiger partial charge in [0.15, 0.2) is 0 Å². The second-order valence-corrected chi connectivity index (χ2v) is 5.10. The third-order valence-electron chi connectivity index (χ3n) is 4.08. The Morgan fingerprint density at radius 3 is 1.88 bits per heavy atom. The smallest absolute Gasteiger partial charge is 0.0589 e. The van der Waals surface area contributed by atoms with E-state index in [0.717, 1.165) is 38.3 Å². The molecule has 17 heavy (non-hydrogen) atoms. The number of nitrogens with zero attached hydrogens (tertiary/aromatic N) is 1. The fraction of sp³-hybridized carbons (Fsp3) is 1.00. The molecule has 0 radical (unpaired) electrons. The molecule has 102 valence electrons. The zero-order valence-electron chi connectivity index (χ0n) is 11.8. The van der Waals surface area contributed by atoms with Gasteiger partial charge in [0.05, 0.1) is 13.2 Å². The van der Waals surface area contributed by atoms with Crippen molar-refractivity contribution in [1.29, 1.82) is 0 Å². The van der Waals surface area contributed by atoms with E-state index in [-0.39, 0.29) is 0 Å². The molecule has 0 saturated heterocycles. The van der Waals surface area contributed by atoms with E-state index in [1.807, 2.05) is 0 Å². The fourth-order valence-electron chi connectivity index (χ4n) is 2.81. The first kappa shape index (κ1) is 14.9. The summed E-state index contributed by atoms with van der Waals surface area (Å²) in [6.45, 7) is 6.07. The van der Waals surface area contributed by atoms with Gasteiger partial charge in [0, 0.05) is 33.4 Å². The molecule has 0 bridgehead atoms. The van der Waals surface area contributed by atoms with E-state index < -0.39 is 0 Å². The van der Waals surface area contributed by atoms with Crippen LogP contribution < -0.4 is 0 Å². The second kappa shape index (κ2) is 8.90. The van der Waals surface area contributed by atoms with Crippen molar-refractivity contribution < 1.29 is 9.47 Å². The van der Waals surface area contributed by atoms with Gasteiger partial charge in [-0.1, -0.05) is 13.3 Å². The average Bonchev–Trinajstić information content (AvgIpc) is 2.39. The fourth-order valence-corrected chi connectivity index (χ4v) is 2.81. The van der Waals surface area contributed by atoms with Crippen molar-refractivity contribution in [3.63, 3.8) is 0 Å². The zero-order chi connectivity index (χ0) is 12.5. The standard InChI is InChI=1S/C14H29NO2/c1-4-13-5-7-14(8-6-13)15(9-11-16-2)10-12-17-3/h13-14H,4-12H2,1-3H3. The van der Waals surface area contributed by atoms with Crippen LogP contribution in [-0.2, 0) is 9.47 Å². The molecule has 1 aliphatic carbocycles. The predicted molar refractivity (Wildman–Crippen MR) is 71.4 cm³/mol. The van der Waals surface area contributed by atoms with Crippen molar-refractivity contribution in [3.8, 4) is 0 Å². The molecular formula is C14H29NO2. The van der Waals surface area contributed by atoms with Crippen LogP contribution in [0.3, 0.4) is 0 Å². The van der Waals surface area contributed by atoms with Crippen molar-refractivity contribution in [1.82, 2.24) is 4.90 Å². The summed E-state index contributed by atoms with van der Waals surface area (Å²) in [4.78, 5) is 2.55. The Labute approximate surface area is 106 Å². The summed E-state index contributed by atoms with van der Waals surface area (Å²) in [7, 11) is 3.56. The van der Waals surface area contributed by atoms with E-state index in [2.05, 4.69) is 11.8 Å². The van der Waals surface area contributed by atoms with Gasteiger partial charge in [-0.3, -0.25) is 4.90 Å². The zero-order valence-corrected chi connectivity index (χ0v) is 11.8. The van der Waals surface area contributed by atoms with Gasteiger partial charge in [0.2, 0.25) is 0 Å². The lowest BCUT2D eigenvalue weighted by Crippen LogP contribution is -2.41. The highest BCUT2D eigenvalue weighted by atomic mass is 16.5. The summed E-state index contributed by atoms with van der Waals surface area (Å²) in [6, 6.07) is 0.753. The van der Waals surface area contributed by atoms with Gasteiger partial charge in [0.1, 0.15) is 0 Å². The Morgan fingerprint density at radius 2 is 1.47 bits per heavy atom. The summed E-state index contributed by atoms with van der Waals surface area (Å²) in [5.74, 6) is 0.970. The van der Waals surface area contributed by atoms with Crippen LogP contribution in [0.1, 0.15) is 39.0 Å². The van der Waals surface area contributed by atoms with Crippen LogP contribution in [0.5, 0.6) is 0 Å². The predicted octanol–water partition coefficient (Wildman–Crippen LogP) is 2.55. The maximum atomic E-state index is 5.20. The molecule has 0 N–H and O–H groups in total. The minimum Gasteiger partial charge on any atom is -0.383 e. The van der Waals surface area contributed by atoms with Crippen LogP contribution in [0, 0.1) is 5.92 Å². The maximum Gasteiger partial charge on any atom is 0.0589 e. The lowest BCUT2D eigenvalue weighted by Gasteiger charge is -2.36. The highest BCUT2D eigenvalue weighted by Crippen LogP contribution is 2.29. The van der Waals surface area contributed by atoms with Gasteiger partial charge in [0.25, 0.3) is 0 Å². The van der Waals surface area contributed by atoms with Gasteiger partial charge < -0.3 is 9.47 Å². The number of hydrogen-bond donors (Lipinski definition) is 0. The van der Waals surface area contributed by atoms with Crippen molar-refractivity contribution >= 4 is 0 Å². The number of methoxy groups -OCH3 is 2. The van der Waals surface area contributed by atoms with Gasteiger partial charge in [-0.25, -0.2) is 0 Å². The van der Waals surface area contributed by atoms with E-state index in [0.29, 0.717) is 0 Å². The van der Waals surface area contributed by atoms with Crippen molar-refractivity contribution in [3.05, 3.63) is 0 Å². The van der Waals surface area contributed by atoms with Crippen molar-refractivity contribution in [2.24, 2.45) is 5.92 Å². The molecule has 0 amide bonds. The molecule has 0 aromatic rings. The van der Waals surface area contributed by atoms with Crippen LogP contribution in [-0.4, -0.2) is 51.5 Å². The Bertz CT molecular complexity index is 171. The first-order chi connectivity index (χ1) is 8.31. The van der Waals surface area contributed by atoms with Crippen molar-refractivity contribution in [2.45, 2.75) is 45.1 Å². The Kier molecular flexibility index (Phi) is 7.82. The maximum absolute atomic E-state index is 5.20. The molecule has 0 atom stereocenters. The van der Waals surface area contributed by atoms with Gasteiger partial charge >= 0.3 is 0 Å². The molecule has 1 rings (SSSR count). The average molecular weight is 243 g/mol. The number of rotatable bonds is 8. The normalized spacial score (nSPS) is 25.4. The van der Waals surface area contributed by atoms with Crippen LogP contribution in [0.2, 0.25) is 0 Å². The molecule has 0 aromatic carbocycles. The summed E-state index contributed by atoms with van der Waals surface area (Å²) in [5.41, 5.74) is 0. The summed E-state index contributed by atoms with van der Waals surface area (Å²) in [6.07, 6.45) is 6.86. The van der Waals surface area contributed by atoms with Crippen LogP contribution >= 0.6 is 0 Å². The van der Waals surface area contributed by atoms with Gasteiger partial charge in [-0.15, -0.1) is 0 Å². The first-order valence-electron chi connectivity index (χ1n) is 7.03. The quantitative estimate of drug-likeness (QED) is 0.654. The monoisotopic (exact) mass is 243 g/mol. The third kappa shape index (κ3) is 5.36. The number of ether oxygens (including phenoxy) is 2. The molecule has 3 heteroatoms. The largest absolute Gasteiger partial charge is 0.383 e. The number of hydrogen-bond acceptors (Lipinski definition) is 3. The van der Waals surface area contributed by atoms with Crippen LogP contribution in [0.4, 0.5) is 0 Å². The van der Waals surface area contributed by atoms with E-state index in [1.165, 1.54) is 32.1 Å². The van der Waals surface area contributed by atoms with Crippen LogP contribution in [0.15, 0.2) is 0 Å². The molecule has 0 aliphatic heterocycles.